The monoisotopic (exact) mass is 640 g/mol. The second-order valence-corrected chi connectivity index (χ2v) is 12.6. The number of para-hydroxylation sites is 2. The first kappa shape index (κ1) is 28.3. The van der Waals surface area contributed by atoms with Gasteiger partial charge in [-0.3, -0.25) is 0 Å². The van der Waals surface area contributed by atoms with E-state index in [1.165, 1.54) is 22.3 Å². The summed E-state index contributed by atoms with van der Waals surface area (Å²) in [7, 11) is 0. The van der Waals surface area contributed by atoms with E-state index < -0.39 is 5.41 Å². The molecule has 0 bridgehead atoms. The van der Waals surface area contributed by atoms with Crippen molar-refractivity contribution in [3.8, 4) is 68.2 Å². The van der Waals surface area contributed by atoms with Gasteiger partial charge in [0.2, 0.25) is 0 Å². The molecular weight excluding hydrogens is 613 g/mol. The molecule has 2 aliphatic rings. The third kappa shape index (κ3) is 4.20. The van der Waals surface area contributed by atoms with Crippen molar-refractivity contribution < 1.29 is 4.74 Å². The molecule has 2 aromatic heterocycles. The van der Waals surface area contributed by atoms with Crippen LogP contribution in [0.5, 0.6) is 11.5 Å². The molecule has 1 aliphatic carbocycles. The Hall–Kier alpha value is -6.72. The Morgan fingerprint density at radius 3 is 1.48 bits per heavy atom. The number of hydrogen-bond donors (Lipinski definition) is 0. The summed E-state index contributed by atoms with van der Waals surface area (Å²) in [6.45, 7) is 0. The van der Waals surface area contributed by atoms with E-state index in [1.54, 1.807) is 0 Å². The minimum absolute atomic E-state index is 0.505. The van der Waals surface area contributed by atoms with Crippen LogP contribution in [0.4, 0.5) is 0 Å². The largest absolute Gasteiger partial charge is 0.456 e. The van der Waals surface area contributed by atoms with Crippen molar-refractivity contribution in [2.75, 3.05) is 0 Å². The molecule has 6 aromatic carbocycles. The molecule has 0 unspecified atom stereocenters. The van der Waals surface area contributed by atoms with Crippen LogP contribution in [0.1, 0.15) is 22.3 Å². The molecule has 0 atom stereocenters. The fraction of sp³-hybridized carbons (Fsp3) is 0.0222. The number of ether oxygens (including phenoxy) is 1. The van der Waals surface area contributed by atoms with E-state index in [1.807, 2.05) is 84.9 Å². The molecular formula is C45H28N4O. The number of hydrogen-bond acceptors (Lipinski definition) is 5. The predicted molar refractivity (Wildman–Crippen MR) is 197 cm³/mol. The van der Waals surface area contributed by atoms with E-state index >= 15 is 0 Å². The molecule has 0 saturated carbocycles. The SMILES string of the molecule is c1ccc(-c2nc(-c3ccccc3)nc(-c3cccc(-c4cccc5c4Oc4ccccc4C54c5ccccc5-c5ccccc54)n3)n2)cc1. The summed E-state index contributed by atoms with van der Waals surface area (Å²) in [5, 5.41) is 0. The Labute approximate surface area is 289 Å². The van der Waals surface area contributed by atoms with Crippen LogP contribution in [0.3, 0.4) is 0 Å². The summed E-state index contributed by atoms with van der Waals surface area (Å²) < 4.78 is 6.90. The van der Waals surface area contributed by atoms with E-state index in [-0.39, 0.29) is 0 Å². The zero-order chi connectivity index (χ0) is 33.1. The van der Waals surface area contributed by atoms with Gasteiger partial charge in [-0.1, -0.05) is 146 Å². The van der Waals surface area contributed by atoms with Gasteiger partial charge in [-0.25, -0.2) is 19.9 Å². The average molecular weight is 641 g/mol. The van der Waals surface area contributed by atoms with Crippen molar-refractivity contribution >= 4 is 0 Å². The summed E-state index contributed by atoms with van der Waals surface area (Å²) in [6, 6.07) is 58.4. The van der Waals surface area contributed by atoms with Crippen molar-refractivity contribution in [3.05, 3.63) is 192 Å². The van der Waals surface area contributed by atoms with Gasteiger partial charge in [0.25, 0.3) is 0 Å². The minimum atomic E-state index is -0.547. The molecule has 3 heterocycles. The summed E-state index contributed by atoms with van der Waals surface area (Å²) in [4.78, 5) is 20.0. The van der Waals surface area contributed by atoms with Gasteiger partial charge in [0, 0.05) is 27.8 Å². The van der Waals surface area contributed by atoms with E-state index in [9.17, 15) is 0 Å². The quantitative estimate of drug-likeness (QED) is 0.192. The molecule has 1 aliphatic heterocycles. The highest BCUT2D eigenvalue weighted by Gasteiger charge is 2.51. The molecule has 5 nitrogen and oxygen atoms in total. The maximum atomic E-state index is 6.90. The van der Waals surface area contributed by atoms with Gasteiger partial charge < -0.3 is 4.74 Å². The zero-order valence-corrected chi connectivity index (χ0v) is 26.9. The summed E-state index contributed by atoms with van der Waals surface area (Å²) in [5.41, 5.74) is 10.8. The van der Waals surface area contributed by atoms with Crippen LogP contribution in [0.2, 0.25) is 0 Å². The first-order valence-electron chi connectivity index (χ1n) is 16.7. The van der Waals surface area contributed by atoms with Gasteiger partial charge in [-0.2, -0.15) is 0 Å². The highest BCUT2D eigenvalue weighted by Crippen LogP contribution is 2.63. The number of fused-ring (bicyclic) bond motifs is 9. The fourth-order valence-corrected chi connectivity index (χ4v) is 7.71. The Balaban J connectivity index is 1.18. The normalized spacial score (nSPS) is 13.1. The highest BCUT2D eigenvalue weighted by atomic mass is 16.5. The van der Waals surface area contributed by atoms with Crippen LogP contribution >= 0.6 is 0 Å². The van der Waals surface area contributed by atoms with Crippen LogP contribution in [-0.4, -0.2) is 19.9 Å². The molecule has 8 aromatic rings. The van der Waals surface area contributed by atoms with Crippen LogP contribution in [0.25, 0.3) is 56.7 Å². The summed E-state index contributed by atoms with van der Waals surface area (Å²) in [6.07, 6.45) is 0. The highest BCUT2D eigenvalue weighted by molar-refractivity contribution is 5.90. The molecule has 10 rings (SSSR count). The van der Waals surface area contributed by atoms with Gasteiger partial charge in [0.15, 0.2) is 17.5 Å². The maximum absolute atomic E-state index is 6.90. The average Bonchev–Trinajstić information content (AvgIpc) is 3.49. The van der Waals surface area contributed by atoms with Gasteiger partial charge in [0.05, 0.1) is 11.1 Å². The lowest BCUT2D eigenvalue weighted by atomic mass is 9.65. The Kier molecular flexibility index (Phi) is 6.33. The smallest absolute Gasteiger partial charge is 0.182 e. The standard InChI is InChI=1S/C45H28N4O/c1-3-15-29(16-4-1)42-47-43(30-17-5-2-6-18-30)49-44(48-42)39-27-14-26-38(46-39)33-21-13-25-37-41(33)50-40-28-12-11-24-36(40)45(37)34-22-9-7-19-31(34)32-20-8-10-23-35(32)45/h1-28H. The van der Waals surface area contributed by atoms with Gasteiger partial charge in [0.1, 0.15) is 17.2 Å². The molecule has 0 saturated heterocycles. The van der Waals surface area contributed by atoms with Crippen molar-refractivity contribution in [1.82, 2.24) is 19.9 Å². The van der Waals surface area contributed by atoms with Crippen LogP contribution in [0.15, 0.2) is 170 Å². The lowest BCUT2D eigenvalue weighted by Gasteiger charge is -2.40. The van der Waals surface area contributed by atoms with Crippen molar-refractivity contribution in [1.29, 1.82) is 0 Å². The molecule has 0 N–H and O–H groups in total. The Morgan fingerprint density at radius 1 is 0.340 bits per heavy atom. The predicted octanol–water partition coefficient (Wildman–Crippen LogP) is 10.4. The van der Waals surface area contributed by atoms with E-state index in [4.69, 9.17) is 24.7 Å². The van der Waals surface area contributed by atoms with Crippen molar-refractivity contribution in [2.45, 2.75) is 5.41 Å². The van der Waals surface area contributed by atoms with Gasteiger partial charge >= 0.3 is 0 Å². The van der Waals surface area contributed by atoms with E-state index in [2.05, 4.69) is 84.9 Å². The number of nitrogens with zero attached hydrogens (tertiary/aromatic N) is 4. The van der Waals surface area contributed by atoms with Gasteiger partial charge in [-0.05, 0) is 46.5 Å². The second-order valence-electron chi connectivity index (χ2n) is 12.6. The molecule has 5 heteroatoms. The molecule has 0 fully saturated rings. The van der Waals surface area contributed by atoms with Crippen LogP contribution in [-0.2, 0) is 5.41 Å². The second kappa shape index (κ2) is 11.2. The molecule has 0 amide bonds. The number of rotatable bonds is 4. The Morgan fingerprint density at radius 2 is 0.820 bits per heavy atom. The van der Waals surface area contributed by atoms with Crippen molar-refractivity contribution in [3.63, 3.8) is 0 Å². The molecule has 0 radical (unpaired) electrons. The zero-order valence-electron chi connectivity index (χ0n) is 26.9. The topological polar surface area (TPSA) is 60.8 Å². The minimum Gasteiger partial charge on any atom is -0.456 e. The maximum Gasteiger partial charge on any atom is 0.182 e. The van der Waals surface area contributed by atoms with Crippen LogP contribution in [0, 0.1) is 0 Å². The molecule has 1 spiro atoms. The molecule has 234 valence electrons. The fourth-order valence-electron chi connectivity index (χ4n) is 7.71. The van der Waals surface area contributed by atoms with Gasteiger partial charge in [-0.15, -0.1) is 0 Å². The van der Waals surface area contributed by atoms with E-state index in [0.717, 1.165) is 45.0 Å². The number of benzene rings is 6. The lowest BCUT2D eigenvalue weighted by Crippen LogP contribution is -2.32. The summed E-state index contributed by atoms with van der Waals surface area (Å²) in [5.74, 6) is 3.34. The van der Waals surface area contributed by atoms with Crippen LogP contribution < -0.4 is 4.74 Å². The first-order valence-corrected chi connectivity index (χ1v) is 16.7. The number of aromatic nitrogens is 4. The first-order chi connectivity index (χ1) is 24.8. The lowest BCUT2D eigenvalue weighted by molar-refractivity contribution is 0.438. The third-order valence-electron chi connectivity index (χ3n) is 9.83. The number of pyridine rings is 1. The van der Waals surface area contributed by atoms with Crippen molar-refractivity contribution in [2.24, 2.45) is 0 Å². The molecule has 50 heavy (non-hydrogen) atoms. The third-order valence-corrected chi connectivity index (χ3v) is 9.83. The Bertz CT molecular complexity index is 2480. The summed E-state index contributed by atoms with van der Waals surface area (Å²) >= 11 is 0. The van der Waals surface area contributed by atoms with E-state index in [0.29, 0.717) is 23.2 Å².